The van der Waals surface area contributed by atoms with E-state index in [1.54, 1.807) is 11.0 Å². The first kappa shape index (κ1) is 17.6. The van der Waals surface area contributed by atoms with Crippen LogP contribution in [0.2, 0.25) is 0 Å². The molecule has 1 fully saturated rings. The molecule has 134 valence electrons. The second kappa shape index (κ2) is 8.76. The van der Waals surface area contributed by atoms with Gasteiger partial charge in [-0.1, -0.05) is 30.3 Å². The quantitative estimate of drug-likeness (QED) is 0.837. The minimum atomic E-state index is 0.0624. The zero-order valence-corrected chi connectivity index (χ0v) is 14.8. The van der Waals surface area contributed by atoms with Crippen LogP contribution in [-0.4, -0.2) is 44.7 Å². The van der Waals surface area contributed by atoms with Crippen LogP contribution < -0.4 is 5.32 Å². The lowest BCUT2D eigenvalue weighted by molar-refractivity contribution is -0.123. The van der Waals surface area contributed by atoms with Crippen LogP contribution in [0.25, 0.3) is 0 Å². The van der Waals surface area contributed by atoms with Crippen LogP contribution in [0.4, 0.5) is 0 Å². The number of benzene rings is 1. The number of nitrogens with zero attached hydrogens (tertiary/aromatic N) is 4. The van der Waals surface area contributed by atoms with Crippen LogP contribution in [0.15, 0.2) is 43.0 Å². The molecule has 1 saturated heterocycles. The highest BCUT2D eigenvalue weighted by molar-refractivity contribution is 5.76. The lowest BCUT2D eigenvalue weighted by Gasteiger charge is -2.32. The zero-order valence-electron chi connectivity index (χ0n) is 14.8. The molecule has 1 N–H and O–H groups in total. The van der Waals surface area contributed by atoms with Crippen LogP contribution in [0.5, 0.6) is 0 Å². The highest BCUT2D eigenvalue weighted by atomic mass is 16.1. The molecule has 0 unspecified atom stereocenters. The Hall–Kier alpha value is -2.21. The van der Waals surface area contributed by atoms with Gasteiger partial charge in [-0.05, 0) is 44.3 Å². The van der Waals surface area contributed by atoms with Crippen LogP contribution in [-0.2, 0) is 17.9 Å². The number of nitrogens with one attached hydrogen (secondary N) is 1. The maximum atomic E-state index is 12.3. The first-order valence-corrected chi connectivity index (χ1v) is 9.07. The molecule has 0 spiro atoms. The van der Waals surface area contributed by atoms with Crippen molar-refractivity contribution >= 4 is 5.91 Å². The summed E-state index contributed by atoms with van der Waals surface area (Å²) >= 11 is 0. The molecule has 3 rings (SSSR count). The third-order valence-electron chi connectivity index (χ3n) is 4.77. The number of carbonyl (C=O) groups is 1. The third-order valence-corrected chi connectivity index (χ3v) is 4.77. The van der Waals surface area contributed by atoms with Crippen molar-refractivity contribution in [1.82, 2.24) is 25.0 Å². The molecule has 0 bridgehead atoms. The monoisotopic (exact) mass is 341 g/mol. The fourth-order valence-electron chi connectivity index (χ4n) is 3.44. The first-order chi connectivity index (χ1) is 12.2. The van der Waals surface area contributed by atoms with Gasteiger partial charge in [0.25, 0.3) is 0 Å². The van der Waals surface area contributed by atoms with Crippen molar-refractivity contribution in [2.75, 3.05) is 13.1 Å². The lowest BCUT2D eigenvalue weighted by Crippen LogP contribution is -2.39. The molecule has 2 heterocycles. The molecule has 1 aromatic heterocycles. The van der Waals surface area contributed by atoms with E-state index >= 15 is 0 Å². The van der Waals surface area contributed by atoms with Gasteiger partial charge in [0.05, 0.1) is 6.54 Å². The second-order valence-electron chi connectivity index (χ2n) is 7.00. The number of aromatic nitrogens is 3. The topological polar surface area (TPSA) is 63.1 Å². The Morgan fingerprint density at radius 3 is 2.72 bits per heavy atom. The normalized spacial score (nSPS) is 17.3. The number of hydrogen-bond donors (Lipinski definition) is 1. The van der Waals surface area contributed by atoms with Crippen molar-refractivity contribution in [1.29, 1.82) is 0 Å². The summed E-state index contributed by atoms with van der Waals surface area (Å²) in [5.74, 6) is 0.639. The Morgan fingerprint density at radius 1 is 1.28 bits per heavy atom. The molecule has 0 saturated carbocycles. The summed E-state index contributed by atoms with van der Waals surface area (Å²) in [6, 6.07) is 10.6. The lowest BCUT2D eigenvalue weighted by atomic mass is 9.93. The third kappa shape index (κ3) is 5.67. The van der Waals surface area contributed by atoms with Gasteiger partial charge < -0.3 is 5.32 Å². The summed E-state index contributed by atoms with van der Waals surface area (Å²) in [7, 11) is 0. The van der Waals surface area contributed by atoms with Crippen molar-refractivity contribution < 1.29 is 4.79 Å². The van der Waals surface area contributed by atoms with E-state index < -0.39 is 0 Å². The van der Waals surface area contributed by atoms with Gasteiger partial charge in [-0.3, -0.25) is 14.4 Å². The summed E-state index contributed by atoms with van der Waals surface area (Å²) in [5.41, 5.74) is 1.36. The zero-order chi connectivity index (χ0) is 17.5. The number of likely N-dealkylation sites (tertiary alicyclic amines) is 1. The smallest absolute Gasteiger partial charge is 0.220 e. The Bertz CT molecular complexity index is 635. The average molecular weight is 341 g/mol. The molecular formula is C19H27N5O. The second-order valence-corrected chi connectivity index (χ2v) is 7.00. The molecule has 2 aromatic rings. The predicted molar refractivity (Wildman–Crippen MR) is 96.7 cm³/mol. The van der Waals surface area contributed by atoms with Crippen molar-refractivity contribution in [3.8, 4) is 0 Å². The summed E-state index contributed by atoms with van der Waals surface area (Å²) in [6.45, 7) is 5.81. The standard InChI is InChI=1S/C19H27N5O/c1-16(12-24-15-20-14-21-24)22-19(25)11-17-7-9-23(10-8-17)13-18-5-3-2-4-6-18/h2-6,14-17H,7-13H2,1H3,(H,22,25)/t16-/m0/s1. The van der Waals surface area contributed by atoms with E-state index in [0.717, 1.165) is 32.5 Å². The number of carbonyl (C=O) groups excluding carboxylic acids is 1. The number of rotatable bonds is 7. The molecule has 0 radical (unpaired) electrons. The SMILES string of the molecule is C[C@@H](Cn1cncn1)NC(=O)CC1CCN(Cc2ccccc2)CC1. The Labute approximate surface area is 149 Å². The number of piperidine rings is 1. The van der Waals surface area contributed by atoms with Crippen LogP contribution in [0.1, 0.15) is 31.7 Å². The van der Waals surface area contributed by atoms with E-state index in [9.17, 15) is 4.79 Å². The van der Waals surface area contributed by atoms with Crippen molar-refractivity contribution in [3.63, 3.8) is 0 Å². The van der Waals surface area contributed by atoms with Gasteiger partial charge in [0.1, 0.15) is 12.7 Å². The Morgan fingerprint density at radius 2 is 2.04 bits per heavy atom. The van der Waals surface area contributed by atoms with Gasteiger partial charge in [0.15, 0.2) is 0 Å². The average Bonchev–Trinajstić information content (AvgIpc) is 3.10. The van der Waals surface area contributed by atoms with Crippen molar-refractivity contribution in [2.45, 2.75) is 45.3 Å². The summed E-state index contributed by atoms with van der Waals surface area (Å²) in [6.07, 6.45) is 6.00. The summed E-state index contributed by atoms with van der Waals surface area (Å²) < 4.78 is 1.74. The first-order valence-electron chi connectivity index (χ1n) is 9.07. The van der Waals surface area contributed by atoms with E-state index in [1.165, 1.54) is 11.9 Å². The van der Waals surface area contributed by atoms with E-state index in [4.69, 9.17) is 0 Å². The van der Waals surface area contributed by atoms with Gasteiger partial charge in [-0.2, -0.15) is 5.10 Å². The molecule has 6 heteroatoms. The van der Waals surface area contributed by atoms with Gasteiger partial charge in [0.2, 0.25) is 5.91 Å². The predicted octanol–water partition coefficient (Wildman–Crippen LogP) is 2.09. The highest BCUT2D eigenvalue weighted by Gasteiger charge is 2.22. The highest BCUT2D eigenvalue weighted by Crippen LogP contribution is 2.21. The van der Waals surface area contributed by atoms with E-state index in [1.807, 2.05) is 6.92 Å². The minimum Gasteiger partial charge on any atom is -0.352 e. The van der Waals surface area contributed by atoms with Gasteiger partial charge in [-0.25, -0.2) is 4.98 Å². The molecular weight excluding hydrogens is 314 g/mol. The van der Waals surface area contributed by atoms with E-state index in [2.05, 4.69) is 50.6 Å². The minimum absolute atomic E-state index is 0.0624. The maximum absolute atomic E-state index is 12.3. The Kier molecular flexibility index (Phi) is 6.17. The molecule has 1 aliphatic rings. The van der Waals surface area contributed by atoms with Crippen LogP contribution in [0, 0.1) is 5.92 Å². The molecule has 6 nitrogen and oxygen atoms in total. The largest absolute Gasteiger partial charge is 0.352 e. The van der Waals surface area contributed by atoms with Gasteiger partial charge in [-0.15, -0.1) is 0 Å². The molecule has 25 heavy (non-hydrogen) atoms. The fraction of sp³-hybridized carbons (Fsp3) is 0.526. The van der Waals surface area contributed by atoms with Crippen LogP contribution in [0.3, 0.4) is 0 Å². The maximum Gasteiger partial charge on any atom is 0.220 e. The van der Waals surface area contributed by atoms with Crippen molar-refractivity contribution in [2.24, 2.45) is 5.92 Å². The van der Waals surface area contributed by atoms with Crippen LogP contribution >= 0.6 is 0 Å². The number of hydrogen-bond acceptors (Lipinski definition) is 4. The van der Waals surface area contributed by atoms with Crippen molar-refractivity contribution in [3.05, 3.63) is 48.5 Å². The molecule has 1 aliphatic heterocycles. The summed E-state index contributed by atoms with van der Waals surface area (Å²) in [4.78, 5) is 18.7. The molecule has 1 atom stereocenters. The van der Waals surface area contributed by atoms with E-state index in [0.29, 0.717) is 18.9 Å². The molecule has 1 aromatic carbocycles. The van der Waals surface area contributed by atoms with E-state index in [-0.39, 0.29) is 11.9 Å². The fourth-order valence-corrected chi connectivity index (χ4v) is 3.44. The molecule has 1 amide bonds. The van der Waals surface area contributed by atoms with Gasteiger partial charge in [0, 0.05) is 19.0 Å². The Balaban J connectivity index is 1.36. The summed E-state index contributed by atoms with van der Waals surface area (Å²) in [5, 5.41) is 7.15. The number of amides is 1. The van der Waals surface area contributed by atoms with Gasteiger partial charge >= 0.3 is 0 Å². The molecule has 0 aliphatic carbocycles.